The van der Waals surface area contributed by atoms with Gasteiger partial charge < -0.3 is 15.0 Å². The zero-order valence-electron chi connectivity index (χ0n) is 19.1. The summed E-state index contributed by atoms with van der Waals surface area (Å²) in [5.41, 5.74) is 2.16. The third-order valence-electron chi connectivity index (χ3n) is 5.83. The van der Waals surface area contributed by atoms with Crippen LogP contribution in [0.3, 0.4) is 0 Å². The first kappa shape index (κ1) is 24.1. The second kappa shape index (κ2) is 10.8. The Balaban J connectivity index is 1.94. The number of ether oxygens (including phenoxy) is 1. The van der Waals surface area contributed by atoms with E-state index in [0.717, 1.165) is 37.2 Å². The first-order valence-electron chi connectivity index (χ1n) is 11.2. The summed E-state index contributed by atoms with van der Waals surface area (Å²) in [6.45, 7) is 6.19. The van der Waals surface area contributed by atoms with E-state index in [-0.39, 0.29) is 17.2 Å². The normalized spacial score (nSPS) is 14.4. The Morgan fingerprint density at radius 3 is 2.41 bits per heavy atom. The van der Waals surface area contributed by atoms with Crippen LogP contribution in [0.2, 0.25) is 0 Å². The number of piperidine rings is 1. The number of anilines is 2. The Morgan fingerprint density at radius 2 is 1.75 bits per heavy atom. The zero-order valence-corrected chi connectivity index (χ0v) is 20.0. The first-order chi connectivity index (χ1) is 15.4. The largest absolute Gasteiger partial charge is 0.496 e. The molecule has 8 heteroatoms. The summed E-state index contributed by atoms with van der Waals surface area (Å²) in [6, 6.07) is 12.5. The molecule has 1 heterocycles. The summed E-state index contributed by atoms with van der Waals surface area (Å²) in [7, 11) is -2.06. The average Bonchev–Trinajstić information content (AvgIpc) is 2.80. The van der Waals surface area contributed by atoms with Gasteiger partial charge in [0.05, 0.1) is 29.8 Å². The van der Waals surface area contributed by atoms with Gasteiger partial charge in [-0.15, -0.1) is 0 Å². The van der Waals surface area contributed by atoms with Crippen LogP contribution in [0, 0.1) is 0 Å². The van der Waals surface area contributed by atoms with Crippen molar-refractivity contribution in [1.82, 2.24) is 4.31 Å². The molecule has 32 heavy (non-hydrogen) atoms. The summed E-state index contributed by atoms with van der Waals surface area (Å²) < 4.78 is 32.9. The molecule has 174 valence electrons. The quantitative estimate of drug-likeness (QED) is 0.615. The number of rotatable bonds is 9. The number of nitrogens with one attached hydrogen (secondary N) is 1. The summed E-state index contributed by atoms with van der Waals surface area (Å²) >= 11 is 0. The van der Waals surface area contributed by atoms with Gasteiger partial charge in [0.2, 0.25) is 15.9 Å². The lowest BCUT2D eigenvalue weighted by Crippen LogP contribution is -2.32. The number of benzene rings is 2. The number of methoxy groups -OCH3 is 1. The lowest BCUT2D eigenvalue weighted by Gasteiger charge is -2.31. The molecule has 0 spiro atoms. The van der Waals surface area contributed by atoms with E-state index in [1.807, 2.05) is 44.2 Å². The minimum atomic E-state index is -3.63. The third kappa shape index (κ3) is 5.42. The van der Waals surface area contributed by atoms with Gasteiger partial charge in [0.15, 0.2) is 0 Å². The van der Waals surface area contributed by atoms with Gasteiger partial charge in [-0.05, 0) is 43.5 Å². The van der Waals surface area contributed by atoms with Gasteiger partial charge in [-0.1, -0.05) is 32.0 Å². The van der Waals surface area contributed by atoms with Crippen molar-refractivity contribution in [3.8, 4) is 5.75 Å². The number of amides is 1. The maximum atomic E-state index is 13.1. The fourth-order valence-electron chi connectivity index (χ4n) is 4.12. The fraction of sp³-hybridized carbons (Fsp3) is 0.458. The van der Waals surface area contributed by atoms with Gasteiger partial charge in [-0.3, -0.25) is 4.79 Å². The van der Waals surface area contributed by atoms with Crippen LogP contribution in [0.15, 0.2) is 47.4 Å². The maximum absolute atomic E-state index is 13.1. The van der Waals surface area contributed by atoms with E-state index in [2.05, 4.69) is 10.2 Å². The average molecular weight is 460 g/mol. The number of sulfonamides is 1. The summed E-state index contributed by atoms with van der Waals surface area (Å²) in [5, 5.41) is 2.98. The highest BCUT2D eigenvalue weighted by molar-refractivity contribution is 7.89. The summed E-state index contributed by atoms with van der Waals surface area (Å²) in [4.78, 5) is 15.4. The van der Waals surface area contributed by atoms with Crippen LogP contribution in [0.25, 0.3) is 0 Å². The molecule has 1 fully saturated rings. The molecule has 0 aromatic heterocycles. The van der Waals surface area contributed by atoms with Crippen molar-refractivity contribution in [2.24, 2.45) is 0 Å². The molecule has 0 aliphatic carbocycles. The van der Waals surface area contributed by atoms with Crippen LogP contribution in [-0.2, 0) is 21.2 Å². The van der Waals surface area contributed by atoms with Crippen LogP contribution in [0.5, 0.6) is 5.75 Å². The monoisotopic (exact) mass is 459 g/mol. The van der Waals surface area contributed by atoms with Crippen LogP contribution in [0.4, 0.5) is 11.4 Å². The molecule has 1 aliphatic heterocycles. The first-order valence-corrected chi connectivity index (χ1v) is 12.7. The second-order valence-electron chi connectivity index (χ2n) is 7.85. The predicted octanol–water partition coefficient (Wildman–Crippen LogP) is 3.90. The molecule has 0 radical (unpaired) electrons. The van der Waals surface area contributed by atoms with Gasteiger partial charge in [0.25, 0.3) is 0 Å². The van der Waals surface area contributed by atoms with Crippen LogP contribution < -0.4 is 15.0 Å². The standard InChI is InChI=1S/C24H33N3O4S/c1-4-27(5-2)32(29,30)20-13-14-22(26-15-9-6-10-16-26)21(18-20)25-24(28)17-19-11-7-8-12-23(19)31-3/h7-8,11-14,18H,4-6,9-10,15-17H2,1-3H3,(H,25,28). The molecule has 2 aromatic carbocycles. The Hall–Kier alpha value is -2.58. The molecular weight excluding hydrogens is 426 g/mol. The number of carbonyl (C=O) groups excluding carboxylic acids is 1. The third-order valence-corrected chi connectivity index (χ3v) is 7.87. The smallest absolute Gasteiger partial charge is 0.243 e. The maximum Gasteiger partial charge on any atom is 0.243 e. The van der Waals surface area contributed by atoms with Crippen molar-refractivity contribution in [3.63, 3.8) is 0 Å². The van der Waals surface area contributed by atoms with E-state index < -0.39 is 10.0 Å². The molecule has 1 N–H and O–H groups in total. The molecule has 0 atom stereocenters. The van der Waals surface area contributed by atoms with E-state index in [1.165, 1.54) is 10.7 Å². The molecule has 0 saturated carbocycles. The van der Waals surface area contributed by atoms with Gasteiger partial charge in [0.1, 0.15) is 5.75 Å². The molecule has 2 aromatic rings. The summed E-state index contributed by atoms with van der Waals surface area (Å²) in [6.07, 6.45) is 3.47. The van der Waals surface area contributed by atoms with E-state index in [4.69, 9.17) is 4.74 Å². The Morgan fingerprint density at radius 1 is 1.06 bits per heavy atom. The molecule has 1 saturated heterocycles. The Kier molecular flexibility index (Phi) is 8.15. The zero-order chi connectivity index (χ0) is 23.1. The SMILES string of the molecule is CCN(CC)S(=O)(=O)c1ccc(N2CCCCC2)c(NC(=O)Cc2ccccc2OC)c1. The van der Waals surface area contributed by atoms with Gasteiger partial charge in [-0.25, -0.2) is 8.42 Å². The van der Waals surface area contributed by atoms with Gasteiger partial charge in [-0.2, -0.15) is 4.31 Å². The molecular formula is C24H33N3O4S. The summed E-state index contributed by atoms with van der Waals surface area (Å²) in [5.74, 6) is 0.432. The molecule has 7 nitrogen and oxygen atoms in total. The predicted molar refractivity (Wildman–Crippen MR) is 128 cm³/mol. The molecule has 0 unspecified atom stereocenters. The highest BCUT2D eigenvalue weighted by Gasteiger charge is 2.25. The number of carbonyl (C=O) groups is 1. The number of hydrogen-bond donors (Lipinski definition) is 1. The van der Waals surface area contributed by atoms with Crippen LogP contribution in [-0.4, -0.2) is 51.9 Å². The lowest BCUT2D eigenvalue weighted by atomic mass is 10.1. The van der Waals surface area contributed by atoms with Crippen LogP contribution in [0.1, 0.15) is 38.7 Å². The Bertz CT molecular complexity index is 1030. The van der Waals surface area contributed by atoms with Gasteiger partial charge >= 0.3 is 0 Å². The minimum absolute atomic E-state index is 0.135. The highest BCUT2D eigenvalue weighted by Crippen LogP contribution is 2.32. The van der Waals surface area contributed by atoms with Crippen molar-refractivity contribution in [3.05, 3.63) is 48.0 Å². The van der Waals surface area contributed by atoms with Crippen LogP contribution >= 0.6 is 0 Å². The van der Waals surface area contributed by atoms with Crippen molar-refractivity contribution in [1.29, 1.82) is 0 Å². The van der Waals surface area contributed by atoms with Crippen molar-refractivity contribution in [2.45, 2.75) is 44.4 Å². The van der Waals surface area contributed by atoms with Crippen molar-refractivity contribution in [2.75, 3.05) is 43.5 Å². The number of hydrogen-bond acceptors (Lipinski definition) is 5. The minimum Gasteiger partial charge on any atom is -0.496 e. The van der Waals surface area contributed by atoms with E-state index in [1.54, 1.807) is 19.2 Å². The van der Waals surface area contributed by atoms with E-state index in [0.29, 0.717) is 24.5 Å². The Labute approximate surface area is 191 Å². The topological polar surface area (TPSA) is 79.0 Å². The lowest BCUT2D eigenvalue weighted by molar-refractivity contribution is -0.115. The van der Waals surface area contributed by atoms with E-state index in [9.17, 15) is 13.2 Å². The van der Waals surface area contributed by atoms with Crippen molar-refractivity contribution < 1.29 is 17.9 Å². The van der Waals surface area contributed by atoms with Gasteiger partial charge in [0, 0.05) is 31.7 Å². The molecule has 1 amide bonds. The molecule has 0 bridgehead atoms. The van der Waals surface area contributed by atoms with Crippen molar-refractivity contribution >= 4 is 27.3 Å². The fourth-order valence-corrected chi connectivity index (χ4v) is 5.60. The number of para-hydroxylation sites is 1. The highest BCUT2D eigenvalue weighted by atomic mass is 32.2. The van der Waals surface area contributed by atoms with E-state index >= 15 is 0 Å². The number of nitrogens with zero attached hydrogens (tertiary/aromatic N) is 2. The molecule has 1 aliphatic rings. The second-order valence-corrected chi connectivity index (χ2v) is 9.79. The molecule has 3 rings (SSSR count).